The highest BCUT2D eigenvalue weighted by Gasteiger charge is 2.28. The van der Waals surface area contributed by atoms with E-state index in [1.165, 1.54) is 0 Å². The van der Waals surface area contributed by atoms with E-state index in [9.17, 15) is 4.79 Å². The molecule has 4 heteroatoms. The second-order valence-corrected chi connectivity index (χ2v) is 3.81. The van der Waals surface area contributed by atoms with Gasteiger partial charge in [0.15, 0.2) is 0 Å². The van der Waals surface area contributed by atoms with Crippen molar-refractivity contribution in [3.63, 3.8) is 0 Å². The number of rotatable bonds is 2. The lowest BCUT2D eigenvalue weighted by atomic mass is 10.0. The molecule has 2 heterocycles. The van der Waals surface area contributed by atoms with Crippen molar-refractivity contribution in [1.82, 2.24) is 15.6 Å². The first-order chi connectivity index (χ1) is 7.27. The third-order valence-corrected chi connectivity index (χ3v) is 2.65. The van der Waals surface area contributed by atoms with Crippen LogP contribution in [0.2, 0.25) is 0 Å². The average Bonchev–Trinajstić information content (AvgIpc) is 2.66. The van der Waals surface area contributed by atoms with Gasteiger partial charge < -0.3 is 10.6 Å². The van der Waals surface area contributed by atoms with Crippen LogP contribution in [0, 0.1) is 0 Å². The minimum Gasteiger partial charge on any atom is -0.352 e. The molecule has 0 saturated carbocycles. The molecular weight excluding hydrogens is 190 g/mol. The molecular formula is C11H15N3O. The summed E-state index contributed by atoms with van der Waals surface area (Å²) in [7, 11) is 0. The highest BCUT2D eigenvalue weighted by Crippen LogP contribution is 2.22. The lowest BCUT2D eigenvalue weighted by Crippen LogP contribution is -2.37. The summed E-state index contributed by atoms with van der Waals surface area (Å²) in [4.78, 5) is 15.1. The lowest BCUT2D eigenvalue weighted by molar-refractivity contribution is -0.119. The van der Waals surface area contributed by atoms with Gasteiger partial charge in [-0.05, 0) is 24.6 Å². The van der Waals surface area contributed by atoms with Crippen LogP contribution in [-0.2, 0) is 4.79 Å². The van der Waals surface area contributed by atoms with E-state index >= 15 is 0 Å². The predicted molar refractivity (Wildman–Crippen MR) is 57.2 cm³/mol. The molecule has 0 spiro atoms. The Morgan fingerprint density at radius 1 is 1.67 bits per heavy atom. The van der Waals surface area contributed by atoms with Crippen LogP contribution in [0.25, 0.3) is 0 Å². The molecule has 4 nitrogen and oxygen atoms in total. The first-order valence-corrected chi connectivity index (χ1v) is 5.18. The highest BCUT2D eigenvalue weighted by molar-refractivity contribution is 5.73. The van der Waals surface area contributed by atoms with E-state index in [-0.39, 0.29) is 18.0 Å². The number of nitrogens with zero attached hydrogens (tertiary/aromatic N) is 1. The maximum absolute atomic E-state index is 11.0. The Bertz CT molecular complexity index is 339. The third kappa shape index (κ3) is 2.33. The van der Waals surface area contributed by atoms with Gasteiger partial charge in [-0.25, -0.2) is 0 Å². The largest absolute Gasteiger partial charge is 0.352 e. The molecule has 80 valence electrons. The van der Waals surface area contributed by atoms with Crippen molar-refractivity contribution in [2.24, 2.45) is 0 Å². The number of carbonyl (C=O) groups is 1. The Morgan fingerprint density at radius 2 is 2.53 bits per heavy atom. The van der Waals surface area contributed by atoms with Crippen molar-refractivity contribution in [3.05, 3.63) is 30.1 Å². The number of pyridine rings is 1. The fraction of sp³-hybridized carbons (Fsp3) is 0.455. The van der Waals surface area contributed by atoms with Crippen molar-refractivity contribution in [2.45, 2.75) is 25.4 Å². The van der Waals surface area contributed by atoms with Gasteiger partial charge in [-0.2, -0.15) is 0 Å². The van der Waals surface area contributed by atoms with E-state index in [1.807, 2.05) is 18.3 Å². The van der Waals surface area contributed by atoms with Crippen LogP contribution >= 0.6 is 0 Å². The fourth-order valence-corrected chi connectivity index (χ4v) is 2.03. The summed E-state index contributed by atoms with van der Waals surface area (Å²) in [6.45, 7) is 2.49. The zero-order valence-electron chi connectivity index (χ0n) is 8.73. The topological polar surface area (TPSA) is 54.0 Å². The second kappa shape index (κ2) is 4.40. The molecule has 1 aromatic heterocycles. The van der Waals surface area contributed by atoms with Crippen molar-refractivity contribution < 1.29 is 4.79 Å². The second-order valence-electron chi connectivity index (χ2n) is 3.81. The summed E-state index contributed by atoms with van der Waals surface area (Å²) in [5.41, 5.74) is 1.13. The minimum absolute atomic E-state index is 0.0255. The van der Waals surface area contributed by atoms with E-state index < -0.39 is 0 Å². The normalized spacial score (nSPS) is 25.1. The van der Waals surface area contributed by atoms with Crippen molar-refractivity contribution in [3.8, 4) is 0 Å². The van der Waals surface area contributed by atoms with Crippen LogP contribution < -0.4 is 10.6 Å². The monoisotopic (exact) mass is 205 g/mol. The Hall–Kier alpha value is -1.42. The maximum atomic E-state index is 11.0. The number of carbonyl (C=O) groups excluding carboxylic acids is 1. The number of aromatic nitrogens is 1. The maximum Gasteiger partial charge on any atom is 0.217 e. The summed E-state index contributed by atoms with van der Waals surface area (Å²) >= 11 is 0. The van der Waals surface area contributed by atoms with Crippen molar-refractivity contribution >= 4 is 5.91 Å². The standard InChI is InChI=1S/C11H15N3O/c1-8(15)14-10-4-6-13-11(10)9-3-2-5-12-7-9/h2-3,5,7,10-11,13H,4,6H2,1H3,(H,14,15). The van der Waals surface area contributed by atoms with Crippen molar-refractivity contribution in [1.29, 1.82) is 0 Å². The Balaban J connectivity index is 2.11. The molecule has 1 aromatic rings. The van der Waals surface area contributed by atoms with E-state index in [0.717, 1.165) is 18.5 Å². The molecule has 0 radical (unpaired) electrons. The minimum atomic E-state index is 0.0255. The molecule has 1 aliphatic heterocycles. The molecule has 15 heavy (non-hydrogen) atoms. The Labute approximate surface area is 89.1 Å². The number of hydrogen-bond donors (Lipinski definition) is 2. The first-order valence-electron chi connectivity index (χ1n) is 5.18. The molecule has 1 fully saturated rings. The van der Waals surface area contributed by atoms with E-state index in [2.05, 4.69) is 15.6 Å². The molecule has 0 bridgehead atoms. The van der Waals surface area contributed by atoms with E-state index in [0.29, 0.717) is 0 Å². The number of hydrogen-bond acceptors (Lipinski definition) is 3. The SMILES string of the molecule is CC(=O)NC1CCNC1c1cccnc1. The summed E-state index contributed by atoms with van der Waals surface area (Å²) in [6, 6.07) is 4.33. The van der Waals surface area contributed by atoms with Gasteiger partial charge in [0.25, 0.3) is 0 Å². The van der Waals surface area contributed by atoms with Gasteiger partial charge in [0.2, 0.25) is 5.91 Å². The quantitative estimate of drug-likeness (QED) is 0.744. The molecule has 1 aliphatic rings. The van der Waals surface area contributed by atoms with Crippen LogP contribution in [0.1, 0.15) is 24.9 Å². The molecule has 2 atom stereocenters. The van der Waals surface area contributed by atoms with Gasteiger partial charge in [-0.1, -0.05) is 6.07 Å². The van der Waals surface area contributed by atoms with Gasteiger partial charge in [0, 0.05) is 25.4 Å². The molecule has 0 aliphatic carbocycles. The van der Waals surface area contributed by atoms with Gasteiger partial charge in [0.1, 0.15) is 0 Å². The average molecular weight is 205 g/mol. The van der Waals surface area contributed by atoms with E-state index in [1.54, 1.807) is 13.1 Å². The van der Waals surface area contributed by atoms with Crippen LogP contribution in [0.5, 0.6) is 0 Å². The van der Waals surface area contributed by atoms with Gasteiger partial charge in [-0.3, -0.25) is 9.78 Å². The summed E-state index contributed by atoms with van der Waals surface area (Å²) in [6.07, 6.45) is 4.57. The molecule has 2 rings (SSSR count). The van der Waals surface area contributed by atoms with Crippen LogP contribution in [0.4, 0.5) is 0 Å². The van der Waals surface area contributed by atoms with Crippen LogP contribution in [0.15, 0.2) is 24.5 Å². The van der Waals surface area contributed by atoms with Gasteiger partial charge in [-0.15, -0.1) is 0 Å². The zero-order chi connectivity index (χ0) is 10.7. The van der Waals surface area contributed by atoms with Gasteiger partial charge >= 0.3 is 0 Å². The summed E-state index contributed by atoms with van der Waals surface area (Å²) < 4.78 is 0. The fourth-order valence-electron chi connectivity index (χ4n) is 2.03. The third-order valence-electron chi connectivity index (χ3n) is 2.65. The first kappa shape index (κ1) is 10.1. The Morgan fingerprint density at radius 3 is 3.20 bits per heavy atom. The van der Waals surface area contributed by atoms with E-state index in [4.69, 9.17) is 0 Å². The van der Waals surface area contributed by atoms with Crippen molar-refractivity contribution in [2.75, 3.05) is 6.54 Å². The molecule has 2 N–H and O–H groups in total. The smallest absolute Gasteiger partial charge is 0.217 e. The zero-order valence-corrected chi connectivity index (χ0v) is 8.73. The Kier molecular flexibility index (Phi) is 2.97. The molecule has 1 saturated heterocycles. The number of amides is 1. The lowest BCUT2D eigenvalue weighted by Gasteiger charge is -2.20. The highest BCUT2D eigenvalue weighted by atomic mass is 16.1. The van der Waals surface area contributed by atoms with Crippen LogP contribution in [-0.4, -0.2) is 23.5 Å². The van der Waals surface area contributed by atoms with Crippen LogP contribution in [0.3, 0.4) is 0 Å². The predicted octanol–water partition coefficient (Wildman–Crippen LogP) is 0.621. The number of nitrogens with one attached hydrogen (secondary N) is 2. The molecule has 2 unspecified atom stereocenters. The summed E-state index contributed by atoms with van der Waals surface area (Å²) in [5, 5.41) is 6.33. The summed E-state index contributed by atoms with van der Waals surface area (Å²) in [5.74, 6) is 0.0255. The molecule has 1 amide bonds. The van der Waals surface area contributed by atoms with Gasteiger partial charge in [0.05, 0.1) is 6.04 Å². The molecule has 0 aromatic carbocycles.